The Labute approximate surface area is 151 Å². The van der Waals surface area contributed by atoms with Gasteiger partial charge in [-0.3, -0.25) is 4.79 Å². The third-order valence-corrected chi connectivity index (χ3v) is 5.63. The molecule has 0 bridgehead atoms. The summed E-state index contributed by atoms with van der Waals surface area (Å²) >= 11 is 0. The van der Waals surface area contributed by atoms with Gasteiger partial charge in [0.2, 0.25) is 5.91 Å². The highest BCUT2D eigenvalue weighted by Gasteiger charge is 2.44. The van der Waals surface area contributed by atoms with Gasteiger partial charge in [0.15, 0.2) is 5.82 Å². The molecular weight excluding hydrogens is 314 g/mol. The predicted octanol–water partition coefficient (Wildman–Crippen LogP) is 3.45. The highest BCUT2D eigenvalue weighted by atomic mass is 16.5. The van der Waals surface area contributed by atoms with Gasteiger partial charge in [-0.05, 0) is 36.2 Å². The highest BCUT2D eigenvalue weighted by molar-refractivity contribution is 5.79. The number of hydrogen-bond donors (Lipinski definition) is 1. The van der Waals surface area contributed by atoms with Crippen LogP contribution in [0.5, 0.6) is 0 Å². The number of amides is 1. The van der Waals surface area contributed by atoms with Gasteiger partial charge in [-0.1, -0.05) is 27.7 Å². The van der Waals surface area contributed by atoms with Gasteiger partial charge in [0.1, 0.15) is 5.54 Å². The molecule has 1 aromatic heterocycles. The van der Waals surface area contributed by atoms with E-state index in [1.54, 1.807) is 12.4 Å². The summed E-state index contributed by atoms with van der Waals surface area (Å²) < 4.78 is 5.53. The Morgan fingerprint density at radius 1 is 1.08 bits per heavy atom. The Morgan fingerprint density at radius 2 is 1.64 bits per heavy atom. The van der Waals surface area contributed by atoms with Crippen molar-refractivity contribution in [3.8, 4) is 0 Å². The first kappa shape index (κ1) is 18.3. The molecule has 2 heterocycles. The number of carbonyl (C=O) groups is 1. The monoisotopic (exact) mass is 345 g/mol. The van der Waals surface area contributed by atoms with Crippen molar-refractivity contribution in [3.05, 3.63) is 24.3 Å². The van der Waals surface area contributed by atoms with Crippen molar-refractivity contribution in [1.29, 1.82) is 0 Å². The molecule has 5 nitrogen and oxygen atoms in total. The van der Waals surface area contributed by atoms with Gasteiger partial charge in [0.25, 0.3) is 0 Å². The molecular formula is C20H31N3O2. The first-order valence-electron chi connectivity index (χ1n) is 9.39. The number of nitrogens with one attached hydrogen (secondary N) is 1. The summed E-state index contributed by atoms with van der Waals surface area (Å²) in [5.74, 6) is 0.901. The minimum absolute atomic E-state index is 0.0437. The first-order chi connectivity index (χ1) is 11.7. The Balaban J connectivity index is 1.81. The maximum absolute atomic E-state index is 13.2. The predicted molar refractivity (Wildman–Crippen MR) is 96.8 cm³/mol. The number of aromatic nitrogens is 2. The van der Waals surface area contributed by atoms with Gasteiger partial charge < -0.3 is 10.1 Å². The average Bonchev–Trinajstić information content (AvgIpc) is 2.53. The molecule has 1 N–H and O–H groups in total. The summed E-state index contributed by atoms with van der Waals surface area (Å²) in [6.45, 7) is 10.4. The van der Waals surface area contributed by atoms with Crippen LogP contribution in [0.4, 0.5) is 0 Å². The minimum Gasteiger partial charge on any atom is -0.381 e. The molecule has 1 saturated heterocycles. The van der Waals surface area contributed by atoms with Gasteiger partial charge >= 0.3 is 0 Å². The lowest BCUT2D eigenvalue weighted by Crippen LogP contribution is -2.53. The number of rotatable bonds is 3. The van der Waals surface area contributed by atoms with Crippen LogP contribution in [0.2, 0.25) is 0 Å². The van der Waals surface area contributed by atoms with Gasteiger partial charge in [-0.25, -0.2) is 9.97 Å². The summed E-state index contributed by atoms with van der Waals surface area (Å²) in [4.78, 5) is 22.1. The van der Waals surface area contributed by atoms with Gasteiger partial charge in [0, 0.05) is 44.4 Å². The third kappa shape index (κ3) is 4.20. The molecule has 0 aromatic carbocycles. The Bertz CT molecular complexity index is 591. The van der Waals surface area contributed by atoms with E-state index in [-0.39, 0.29) is 22.7 Å². The standard InChI is InChI=1S/C20H31N3O2/c1-18(2)12-15(13-19(3,4)14-18)16(24)23-20(6-10-25-11-7-20)17-21-8-5-9-22-17/h5,8-9,15H,6-7,10-14H2,1-4H3,(H,23,24). The van der Waals surface area contributed by atoms with E-state index in [4.69, 9.17) is 4.74 Å². The normalized spacial score (nSPS) is 25.3. The van der Waals surface area contributed by atoms with Gasteiger partial charge in [-0.15, -0.1) is 0 Å². The molecule has 25 heavy (non-hydrogen) atoms. The molecule has 1 aliphatic heterocycles. The number of ether oxygens (including phenoxy) is 1. The van der Waals surface area contributed by atoms with Crippen LogP contribution >= 0.6 is 0 Å². The molecule has 2 fully saturated rings. The molecule has 5 heteroatoms. The van der Waals surface area contributed by atoms with Crippen LogP contribution in [0.25, 0.3) is 0 Å². The molecule has 1 amide bonds. The van der Waals surface area contributed by atoms with E-state index in [2.05, 4.69) is 43.0 Å². The molecule has 1 aliphatic carbocycles. The van der Waals surface area contributed by atoms with E-state index >= 15 is 0 Å². The van der Waals surface area contributed by atoms with Crippen LogP contribution in [0.3, 0.4) is 0 Å². The van der Waals surface area contributed by atoms with Crippen LogP contribution in [0.15, 0.2) is 18.5 Å². The molecule has 0 unspecified atom stereocenters. The molecule has 1 aromatic rings. The lowest BCUT2D eigenvalue weighted by Gasteiger charge is -2.45. The van der Waals surface area contributed by atoms with E-state index in [0.717, 1.165) is 32.1 Å². The quantitative estimate of drug-likeness (QED) is 0.911. The Hall–Kier alpha value is -1.49. The molecule has 0 atom stereocenters. The van der Waals surface area contributed by atoms with Crippen LogP contribution < -0.4 is 5.32 Å². The minimum atomic E-state index is -0.498. The molecule has 3 rings (SSSR count). The zero-order valence-electron chi connectivity index (χ0n) is 16.0. The fourth-order valence-electron chi connectivity index (χ4n) is 5.04. The smallest absolute Gasteiger partial charge is 0.223 e. The van der Waals surface area contributed by atoms with Crippen molar-refractivity contribution in [1.82, 2.24) is 15.3 Å². The van der Waals surface area contributed by atoms with Crippen molar-refractivity contribution in [2.75, 3.05) is 13.2 Å². The fourth-order valence-corrected chi connectivity index (χ4v) is 5.04. The molecule has 2 aliphatic rings. The zero-order valence-corrected chi connectivity index (χ0v) is 16.0. The summed E-state index contributed by atoms with van der Waals surface area (Å²) in [5, 5.41) is 3.35. The largest absolute Gasteiger partial charge is 0.381 e. The van der Waals surface area contributed by atoms with Crippen LogP contribution in [0.1, 0.15) is 65.6 Å². The summed E-state index contributed by atoms with van der Waals surface area (Å²) in [6, 6.07) is 1.81. The number of nitrogens with zero attached hydrogens (tertiary/aromatic N) is 2. The first-order valence-corrected chi connectivity index (χ1v) is 9.39. The topological polar surface area (TPSA) is 64.1 Å². The van der Waals surface area contributed by atoms with Crippen molar-refractivity contribution in [2.45, 2.75) is 65.3 Å². The van der Waals surface area contributed by atoms with Crippen LogP contribution in [-0.2, 0) is 15.1 Å². The van der Waals surface area contributed by atoms with E-state index in [9.17, 15) is 4.79 Å². The van der Waals surface area contributed by atoms with Crippen molar-refractivity contribution in [3.63, 3.8) is 0 Å². The summed E-state index contributed by atoms with van der Waals surface area (Å²) in [6.07, 6.45) is 7.97. The zero-order chi connectivity index (χ0) is 18.1. The van der Waals surface area contributed by atoms with Gasteiger partial charge in [-0.2, -0.15) is 0 Å². The van der Waals surface area contributed by atoms with Crippen molar-refractivity contribution >= 4 is 5.91 Å². The molecule has 0 spiro atoms. The van der Waals surface area contributed by atoms with E-state index in [1.807, 2.05) is 6.07 Å². The molecule has 0 radical (unpaired) electrons. The van der Waals surface area contributed by atoms with E-state index in [1.165, 1.54) is 0 Å². The second-order valence-corrected chi connectivity index (χ2v) is 9.37. The average molecular weight is 345 g/mol. The Kier molecular flexibility index (Phi) is 4.89. The van der Waals surface area contributed by atoms with Crippen molar-refractivity contribution < 1.29 is 9.53 Å². The fraction of sp³-hybridized carbons (Fsp3) is 0.750. The van der Waals surface area contributed by atoms with Crippen LogP contribution in [-0.4, -0.2) is 29.1 Å². The maximum Gasteiger partial charge on any atom is 0.223 e. The van der Waals surface area contributed by atoms with E-state index in [0.29, 0.717) is 19.0 Å². The lowest BCUT2D eigenvalue weighted by molar-refractivity contribution is -0.133. The third-order valence-electron chi connectivity index (χ3n) is 5.63. The maximum atomic E-state index is 13.2. The SMILES string of the molecule is CC1(C)CC(C(=O)NC2(c3ncccn3)CCOCC2)CC(C)(C)C1. The second kappa shape index (κ2) is 6.67. The van der Waals surface area contributed by atoms with Crippen molar-refractivity contribution in [2.24, 2.45) is 16.7 Å². The second-order valence-electron chi connectivity index (χ2n) is 9.37. The number of hydrogen-bond acceptors (Lipinski definition) is 4. The molecule has 138 valence electrons. The lowest BCUT2D eigenvalue weighted by atomic mass is 9.61. The van der Waals surface area contributed by atoms with E-state index < -0.39 is 5.54 Å². The summed E-state index contributed by atoms with van der Waals surface area (Å²) in [7, 11) is 0. The molecule has 1 saturated carbocycles. The van der Waals surface area contributed by atoms with Gasteiger partial charge in [0.05, 0.1) is 0 Å². The van der Waals surface area contributed by atoms with Crippen LogP contribution in [0, 0.1) is 16.7 Å². The number of carbonyl (C=O) groups excluding carboxylic acids is 1. The Morgan fingerprint density at radius 3 is 2.20 bits per heavy atom. The highest BCUT2D eigenvalue weighted by Crippen LogP contribution is 2.48. The summed E-state index contributed by atoms with van der Waals surface area (Å²) in [5.41, 5.74) is -0.117.